The second kappa shape index (κ2) is 6.65. The molecule has 2 aromatic carbocycles. The number of hydrogen-bond acceptors (Lipinski definition) is 3. The summed E-state index contributed by atoms with van der Waals surface area (Å²) in [5.41, 5.74) is 4.60. The molecule has 0 fully saturated rings. The van der Waals surface area contributed by atoms with Crippen molar-refractivity contribution in [2.24, 2.45) is 7.05 Å². The summed E-state index contributed by atoms with van der Waals surface area (Å²) in [5.74, 6) is 0. The second-order valence-corrected chi connectivity index (χ2v) is 7.01. The number of thiazole rings is 1. The van der Waals surface area contributed by atoms with Gasteiger partial charge in [0, 0.05) is 52.2 Å². The molecule has 0 saturated carbocycles. The van der Waals surface area contributed by atoms with Crippen molar-refractivity contribution in [3.63, 3.8) is 0 Å². The van der Waals surface area contributed by atoms with Gasteiger partial charge in [-0.25, -0.2) is 9.78 Å². The lowest BCUT2D eigenvalue weighted by molar-refractivity contribution is 0.262. The molecular weight excluding hydrogens is 344 g/mol. The number of rotatable bonds is 3. The highest BCUT2D eigenvalue weighted by atomic mass is 32.1. The lowest BCUT2D eigenvalue weighted by Gasteiger charge is -2.09. The second-order valence-electron chi connectivity index (χ2n) is 6.15. The summed E-state index contributed by atoms with van der Waals surface area (Å²) >= 11 is 1.59. The number of nitrogens with zero attached hydrogens (tertiary/aromatic N) is 2. The zero-order chi connectivity index (χ0) is 18.1. The SMILES string of the molecule is Cc1csc(-c2cccc(NC(=O)Nc3ccc4c(ccn4C)c3)c2)n1. The minimum Gasteiger partial charge on any atom is -0.351 e. The summed E-state index contributed by atoms with van der Waals surface area (Å²) < 4.78 is 2.05. The van der Waals surface area contributed by atoms with Gasteiger partial charge < -0.3 is 15.2 Å². The Morgan fingerprint density at radius 3 is 2.65 bits per heavy atom. The van der Waals surface area contributed by atoms with Crippen molar-refractivity contribution in [3.8, 4) is 10.6 Å². The molecule has 4 rings (SSSR count). The third kappa shape index (κ3) is 3.32. The number of carbonyl (C=O) groups excluding carboxylic acids is 1. The van der Waals surface area contributed by atoms with E-state index in [-0.39, 0.29) is 6.03 Å². The van der Waals surface area contributed by atoms with Crippen LogP contribution in [0.4, 0.5) is 16.2 Å². The van der Waals surface area contributed by atoms with Crippen LogP contribution >= 0.6 is 11.3 Å². The molecule has 0 spiro atoms. The van der Waals surface area contributed by atoms with Gasteiger partial charge in [0.05, 0.1) is 0 Å². The van der Waals surface area contributed by atoms with E-state index >= 15 is 0 Å². The topological polar surface area (TPSA) is 59.0 Å². The monoisotopic (exact) mass is 362 g/mol. The van der Waals surface area contributed by atoms with Crippen LogP contribution in [-0.2, 0) is 7.05 Å². The van der Waals surface area contributed by atoms with Gasteiger partial charge in [-0.15, -0.1) is 11.3 Å². The van der Waals surface area contributed by atoms with Crippen molar-refractivity contribution in [2.75, 3.05) is 10.6 Å². The molecule has 0 radical (unpaired) electrons. The molecule has 0 saturated heterocycles. The fourth-order valence-corrected chi connectivity index (χ4v) is 3.66. The third-order valence-corrected chi connectivity index (χ3v) is 5.14. The molecule has 0 bridgehead atoms. The van der Waals surface area contributed by atoms with Crippen LogP contribution in [0.25, 0.3) is 21.5 Å². The number of fused-ring (bicyclic) bond motifs is 1. The number of aryl methyl sites for hydroxylation is 2. The quantitative estimate of drug-likeness (QED) is 0.523. The minimum atomic E-state index is -0.271. The summed E-state index contributed by atoms with van der Waals surface area (Å²) in [5, 5.41) is 9.82. The van der Waals surface area contributed by atoms with Crippen molar-refractivity contribution in [2.45, 2.75) is 6.92 Å². The molecule has 6 heteroatoms. The van der Waals surface area contributed by atoms with E-state index in [1.807, 2.05) is 78.6 Å². The van der Waals surface area contributed by atoms with Gasteiger partial charge in [-0.3, -0.25) is 0 Å². The van der Waals surface area contributed by atoms with E-state index in [2.05, 4.69) is 15.6 Å². The van der Waals surface area contributed by atoms with E-state index in [9.17, 15) is 4.79 Å². The number of hydrogen-bond donors (Lipinski definition) is 2. The van der Waals surface area contributed by atoms with Crippen LogP contribution < -0.4 is 10.6 Å². The molecule has 4 aromatic rings. The number of urea groups is 1. The van der Waals surface area contributed by atoms with Gasteiger partial charge in [0.1, 0.15) is 5.01 Å². The van der Waals surface area contributed by atoms with Crippen LogP contribution in [0.2, 0.25) is 0 Å². The van der Waals surface area contributed by atoms with Crippen molar-refractivity contribution < 1.29 is 4.79 Å². The average molecular weight is 362 g/mol. The van der Waals surface area contributed by atoms with E-state index in [4.69, 9.17) is 0 Å². The molecule has 2 N–H and O–H groups in total. The van der Waals surface area contributed by atoms with Gasteiger partial charge in [0.25, 0.3) is 0 Å². The molecule has 26 heavy (non-hydrogen) atoms. The maximum Gasteiger partial charge on any atom is 0.323 e. The number of amides is 2. The molecule has 0 aliphatic carbocycles. The highest BCUT2D eigenvalue weighted by molar-refractivity contribution is 7.13. The van der Waals surface area contributed by atoms with E-state index in [0.29, 0.717) is 0 Å². The maximum atomic E-state index is 12.3. The molecule has 5 nitrogen and oxygen atoms in total. The van der Waals surface area contributed by atoms with Gasteiger partial charge in [-0.1, -0.05) is 12.1 Å². The van der Waals surface area contributed by atoms with Gasteiger partial charge in [-0.2, -0.15) is 0 Å². The number of anilines is 2. The lowest BCUT2D eigenvalue weighted by Crippen LogP contribution is -2.19. The van der Waals surface area contributed by atoms with Crippen molar-refractivity contribution in [1.82, 2.24) is 9.55 Å². The fraction of sp³-hybridized carbons (Fsp3) is 0.100. The molecule has 2 aromatic heterocycles. The molecule has 0 unspecified atom stereocenters. The minimum absolute atomic E-state index is 0.271. The zero-order valence-electron chi connectivity index (χ0n) is 14.5. The van der Waals surface area contributed by atoms with Gasteiger partial charge in [0.15, 0.2) is 0 Å². The molecule has 0 aliphatic heterocycles. The summed E-state index contributed by atoms with van der Waals surface area (Å²) in [4.78, 5) is 16.8. The third-order valence-electron chi connectivity index (χ3n) is 4.13. The average Bonchev–Trinajstić information content (AvgIpc) is 3.21. The summed E-state index contributed by atoms with van der Waals surface area (Å²) in [6.07, 6.45) is 2.00. The molecule has 2 heterocycles. The molecule has 0 aliphatic rings. The van der Waals surface area contributed by atoms with Gasteiger partial charge in [0.2, 0.25) is 0 Å². The molecule has 0 atom stereocenters. The first kappa shape index (κ1) is 16.4. The van der Waals surface area contributed by atoms with Crippen LogP contribution in [0.1, 0.15) is 5.69 Å². The Balaban J connectivity index is 1.49. The highest BCUT2D eigenvalue weighted by Crippen LogP contribution is 2.26. The number of carbonyl (C=O) groups is 1. The number of nitrogens with one attached hydrogen (secondary N) is 2. The Bertz CT molecular complexity index is 1100. The summed E-state index contributed by atoms with van der Waals surface area (Å²) in [6, 6.07) is 15.3. The van der Waals surface area contributed by atoms with Crippen molar-refractivity contribution in [3.05, 3.63) is 65.8 Å². The van der Waals surface area contributed by atoms with E-state index in [1.165, 1.54) is 0 Å². The van der Waals surface area contributed by atoms with Crippen LogP contribution in [0.5, 0.6) is 0 Å². The van der Waals surface area contributed by atoms with Gasteiger partial charge >= 0.3 is 6.03 Å². The number of benzene rings is 2. The first-order chi connectivity index (χ1) is 12.6. The molecule has 2 amide bonds. The van der Waals surface area contributed by atoms with Crippen molar-refractivity contribution >= 4 is 39.6 Å². The van der Waals surface area contributed by atoms with E-state index in [0.717, 1.165) is 38.5 Å². The number of aromatic nitrogens is 2. The predicted molar refractivity (Wildman–Crippen MR) is 108 cm³/mol. The largest absolute Gasteiger partial charge is 0.351 e. The Hall–Kier alpha value is -3.12. The smallest absolute Gasteiger partial charge is 0.323 e. The standard InChI is InChI=1S/C20H18N4OS/c1-13-12-26-19(21-13)15-4-3-5-16(11-15)22-20(25)23-17-6-7-18-14(10-17)8-9-24(18)2/h3-12H,1-2H3,(H2,22,23,25). The summed E-state index contributed by atoms with van der Waals surface area (Å²) in [7, 11) is 2.00. The normalized spacial score (nSPS) is 10.8. The Morgan fingerprint density at radius 2 is 1.88 bits per heavy atom. The van der Waals surface area contributed by atoms with Crippen LogP contribution in [0.3, 0.4) is 0 Å². The van der Waals surface area contributed by atoms with Crippen LogP contribution in [-0.4, -0.2) is 15.6 Å². The Morgan fingerprint density at radius 1 is 1.08 bits per heavy atom. The molecular formula is C20H18N4OS. The first-order valence-corrected chi connectivity index (χ1v) is 9.12. The highest BCUT2D eigenvalue weighted by Gasteiger charge is 2.07. The van der Waals surface area contributed by atoms with E-state index < -0.39 is 0 Å². The van der Waals surface area contributed by atoms with Crippen LogP contribution in [0.15, 0.2) is 60.1 Å². The predicted octanol–water partition coefficient (Wildman–Crippen LogP) is 5.25. The van der Waals surface area contributed by atoms with E-state index in [1.54, 1.807) is 11.3 Å². The fourth-order valence-electron chi connectivity index (χ4n) is 2.87. The first-order valence-electron chi connectivity index (χ1n) is 8.24. The Labute approximate surface area is 155 Å². The maximum absolute atomic E-state index is 12.3. The van der Waals surface area contributed by atoms with Crippen LogP contribution in [0, 0.1) is 6.92 Å². The van der Waals surface area contributed by atoms with Gasteiger partial charge in [-0.05, 0) is 43.3 Å². The summed E-state index contributed by atoms with van der Waals surface area (Å²) in [6.45, 7) is 1.97. The molecule has 130 valence electrons. The van der Waals surface area contributed by atoms with Crippen molar-refractivity contribution in [1.29, 1.82) is 0 Å². The lowest BCUT2D eigenvalue weighted by atomic mass is 10.2. The zero-order valence-corrected chi connectivity index (χ0v) is 15.3. The Kier molecular flexibility index (Phi) is 4.18.